The minimum absolute atomic E-state index is 0.190. The van der Waals surface area contributed by atoms with Gasteiger partial charge in [-0.3, -0.25) is 9.69 Å². The Kier molecular flexibility index (Phi) is 7.01. The van der Waals surface area contributed by atoms with Crippen LogP contribution in [0, 0.1) is 0 Å². The van der Waals surface area contributed by atoms with Crippen LogP contribution >= 0.6 is 11.3 Å². The van der Waals surface area contributed by atoms with Crippen LogP contribution in [0.2, 0.25) is 0 Å². The Bertz CT molecular complexity index is 649. The Morgan fingerprint density at radius 1 is 1.36 bits per heavy atom. The first-order chi connectivity index (χ1) is 11.7. The Labute approximate surface area is 155 Å². The fraction of sp³-hybridized carbons (Fsp3) is 0.706. The zero-order valence-corrected chi connectivity index (χ0v) is 17.1. The Morgan fingerprint density at radius 2 is 2.04 bits per heavy atom. The number of amides is 1. The molecule has 1 aliphatic heterocycles. The monoisotopic (exact) mass is 387 g/mol. The van der Waals surface area contributed by atoms with Crippen molar-refractivity contribution in [2.75, 3.05) is 19.6 Å². The molecule has 25 heavy (non-hydrogen) atoms. The number of hydrogen-bond acceptors (Lipinski definition) is 5. The molecule has 8 heteroatoms. The summed E-state index contributed by atoms with van der Waals surface area (Å²) in [6, 6.07) is 3.52. The van der Waals surface area contributed by atoms with Crippen LogP contribution in [-0.4, -0.2) is 61.3 Å². The van der Waals surface area contributed by atoms with E-state index in [4.69, 9.17) is 0 Å². The molecule has 0 aromatic carbocycles. The van der Waals surface area contributed by atoms with E-state index >= 15 is 0 Å². The molecule has 142 valence electrons. The molecule has 1 aromatic rings. The van der Waals surface area contributed by atoms with Crippen LogP contribution in [0.15, 0.2) is 21.7 Å². The van der Waals surface area contributed by atoms with Gasteiger partial charge in [0.05, 0.1) is 0 Å². The van der Waals surface area contributed by atoms with Gasteiger partial charge in [0.25, 0.3) is 10.0 Å². The molecule has 0 aliphatic carbocycles. The second-order valence-electron chi connectivity index (χ2n) is 6.92. The predicted molar refractivity (Wildman–Crippen MR) is 101 cm³/mol. The van der Waals surface area contributed by atoms with Crippen LogP contribution in [0.3, 0.4) is 0 Å². The zero-order chi connectivity index (χ0) is 18.6. The number of rotatable bonds is 8. The van der Waals surface area contributed by atoms with E-state index in [1.807, 2.05) is 0 Å². The summed E-state index contributed by atoms with van der Waals surface area (Å²) in [5.41, 5.74) is 0. The van der Waals surface area contributed by atoms with Gasteiger partial charge in [-0.1, -0.05) is 6.07 Å². The standard InChI is InChI=1S/C17H29N3O3S2/c1-13(2)19(14(3)4)11-9-18-17(21)15-7-5-10-20(15)25(22,23)16-8-6-12-24-16/h6,8,12-15H,5,7,9-11H2,1-4H3,(H,18,21). The maximum Gasteiger partial charge on any atom is 0.253 e. The van der Waals surface area contributed by atoms with Gasteiger partial charge in [-0.15, -0.1) is 11.3 Å². The van der Waals surface area contributed by atoms with Gasteiger partial charge >= 0.3 is 0 Å². The number of nitrogens with zero attached hydrogens (tertiary/aromatic N) is 2. The third kappa shape index (κ3) is 4.81. The number of thiophene rings is 1. The molecule has 0 bridgehead atoms. The molecule has 6 nitrogen and oxygen atoms in total. The van der Waals surface area contributed by atoms with Gasteiger partial charge < -0.3 is 5.32 Å². The third-order valence-corrected chi connectivity index (χ3v) is 7.84. The molecule has 1 N–H and O–H groups in total. The molecule has 0 saturated carbocycles. The van der Waals surface area contributed by atoms with E-state index in [-0.39, 0.29) is 5.91 Å². The maximum atomic E-state index is 12.7. The van der Waals surface area contributed by atoms with Crippen molar-refractivity contribution in [3.63, 3.8) is 0 Å². The lowest BCUT2D eigenvalue weighted by Crippen LogP contribution is -2.48. The van der Waals surface area contributed by atoms with Crippen LogP contribution in [0.4, 0.5) is 0 Å². The van der Waals surface area contributed by atoms with Gasteiger partial charge in [0.1, 0.15) is 10.3 Å². The van der Waals surface area contributed by atoms with Crippen molar-refractivity contribution in [2.24, 2.45) is 0 Å². The van der Waals surface area contributed by atoms with Gasteiger partial charge in [0.2, 0.25) is 5.91 Å². The first-order valence-electron chi connectivity index (χ1n) is 8.84. The summed E-state index contributed by atoms with van der Waals surface area (Å²) < 4.78 is 27.1. The number of carbonyl (C=O) groups is 1. The highest BCUT2D eigenvalue weighted by Crippen LogP contribution is 2.28. The quantitative estimate of drug-likeness (QED) is 0.742. The second-order valence-corrected chi connectivity index (χ2v) is 9.99. The lowest BCUT2D eigenvalue weighted by Gasteiger charge is -2.31. The van der Waals surface area contributed by atoms with Crippen molar-refractivity contribution in [3.8, 4) is 0 Å². The minimum Gasteiger partial charge on any atom is -0.353 e. The van der Waals surface area contributed by atoms with Gasteiger partial charge in [0.15, 0.2) is 0 Å². The smallest absolute Gasteiger partial charge is 0.253 e. The summed E-state index contributed by atoms with van der Waals surface area (Å²) in [5, 5.41) is 4.67. The molecule has 2 heterocycles. The average Bonchev–Trinajstić information content (AvgIpc) is 3.21. The summed E-state index contributed by atoms with van der Waals surface area (Å²) in [4.78, 5) is 14.9. The molecule has 1 unspecified atom stereocenters. The highest BCUT2D eigenvalue weighted by atomic mass is 32.2. The fourth-order valence-corrected chi connectivity index (χ4v) is 6.13. The normalized spacial score (nSPS) is 19.2. The predicted octanol–water partition coefficient (Wildman–Crippen LogP) is 2.14. The largest absolute Gasteiger partial charge is 0.353 e. The number of carbonyl (C=O) groups excluding carboxylic acids is 1. The summed E-state index contributed by atoms with van der Waals surface area (Å²) in [5.74, 6) is -0.190. The Morgan fingerprint density at radius 3 is 2.60 bits per heavy atom. The Balaban J connectivity index is 1.97. The van der Waals surface area contributed by atoms with E-state index in [9.17, 15) is 13.2 Å². The van der Waals surface area contributed by atoms with Crippen molar-refractivity contribution >= 4 is 27.3 Å². The summed E-state index contributed by atoms with van der Waals surface area (Å²) in [6.07, 6.45) is 1.29. The molecule has 1 atom stereocenters. The lowest BCUT2D eigenvalue weighted by molar-refractivity contribution is -0.124. The topological polar surface area (TPSA) is 69.7 Å². The van der Waals surface area contributed by atoms with Crippen LogP contribution in [0.1, 0.15) is 40.5 Å². The highest BCUT2D eigenvalue weighted by molar-refractivity contribution is 7.91. The Hall–Kier alpha value is -0.960. The molecule has 1 saturated heterocycles. The van der Waals surface area contributed by atoms with Gasteiger partial charge in [0, 0.05) is 31.7 Å². The van der Waals surface area contributed by atoms with E-state index in [2.05, 4.69) is 37.9 Å². The number of hydrogen-bond donors (Lipinski definition) is 1. The van der Waals surface area contributed by atoms with E-state index in [1.165, 1.54) is 15.6 Å². The molecular formula is C17H29N3O3S2. The third-order valence-electron chi connectivity index (χ3n) is 4.56. The van der Waals surface area contributed by atoms with Crippen LogP contribution < -0.4 is 5.32 Å². The van der Waals surface area contributed by atoms with Gasteiger partial charge in [-0.25, -0.2) is 8.42 Å². The number of sulfonamides is 1. The summed E-state index contributed by atoms with van der Waals surface area (Å²) in [7, 11) is -3.58. The lowest BCUT2D eigenvalue weighted by atomic mass is 10.2. The second kappa shape index (κ2) is 8.62. The van der Waals surface area contributed by atoms with E-state index in [0.717, 1.165) is 6.54 Å². The van der Waals surface area contributed by atoms with Crippen LogP contribution in [0.25, 0.3) is 0 Å². The maximum absolute atomic E-state index is 12.7. The number of nitrogens with one attached hydrogen (secondary N) is 1. The van der Waals surface area contributed by atoms with Crippen molar-refractivity contribution in [1.82, 2.24) is 14.5 Å². The highest BCUT2D eigenvalue weighted by Gasteiger charge is 2.39. The molecule has 1 fully saturated rings. The van der Waals surface area contributed by atoms with Crippen LogP contribution in [0.5, 0.6) is 0 Å². The molecule has 1 amide bonds. The molecular weight excluding hydrogens is 358 g/mol. The van der Waals surface area contributed by atoms with E-state index in [1.54, 1.807) is 17.5 Å². The fourth-order valence-electron chi connectivity index (χ4n) is 3.35. The van der Waals surface area contributed by atoms with Gasteiger partial charge in [-0.05, 0) is 52.0 Å². The van der Waals surface area contributed by atoms with Crippen LogP contribution in [-0.2, 0) is 14.8 Å². The van der Waals surface area contributed by atoms with Gasteiger partial charge in [-0.2, -0.15) is 4.31 Å². The SMILES string of the molecule is CC(C)N(CCNC(=O)C1CCCN1S(=O)(=O)c1cccs1)C(C)C. The van der Waals surface area contributed by atoms with E-state index in [0.29, 0.717) is 42.2 Å². The molecule has 0 radical (unpaired) electrons. The van der Waals surface area contributed by atoms with E-state index < -0.39 is 16.1 Å². The first-order valence-corrected chi connectivity index (χ1v) is 11.2. The summed E-state index contributed by atoms with van der Waals surface area (Å²) >= 11 is 1.19. The molecule has 1 aromatic heterocycles. The first kappa shape index (κ1) is 20.4. The molecule has 1 aliphatic rings. The molecule has 2 rings (SSSR count). The average molecular weight is 388 g/mol. The summed E-state index contributed by atoms with van der Waals surface area (Å²) in [6.45, 7) is 10.2. The van der Waals surface area contributed by atoms with Crippen molar-refractivity contribution in [1.29, 1.82) is 0 Å². The van der Waals surface area contributed by atoms with Crippen molar-refractivity contribution in [2.45, 2.75) is 62.9 Å². The van der Waals surface area contributed by atoms with Crippen molar-refractivity contribution < 1.29 is 13.2 Å². The zero-order valence-electron chi connectivity index (χ0n) is 15.4. The molecule has 0 spiro atoms. The minimum atomic E-state index is -3.58. The van der Waals surface area contributed by atoms with Crippen molar-refractivity contribution in [3.05, 3.63) is 17.5 Å².